The number of nitrogens with zero attached hydrogens (tertiary/aromatic N) is 1. The van der Waals surface area contributed by atoms with Crippen LogP contribution in [0.2, 0.25) is 5.02 Å². The van der Waals surface area contributed by atoms with E-state index in [2.05, 4.69) is 0 Å². The maximum atomic E-state index is 13.7. The molecule has 21 heavy (non-hydrogen) atoms. The van der Waals surface area contributed by atoms with E-state index in [0.29, 0.717) is 5.56 Å². The Morgan fingerprint density at radius 3 is 2.76 bits per heavy atom. The van der Waals surface area contributed by atoms with E-state index in [1.165, 1.54) is 36.1 Å². The highest BCUT2D eigenvalue weighted by Gasteiger charge is 2.10. The van der Waals surface area contributed by atoms with Crippen LogP contribution in [0.4, 0.5) is 4.39 Å². The average molecular weight is 310 g/mol. The Labute approximate surface area is 125 Å². The van der Waals surface area contributed by atoms with Gasteiger partial charge in [0.05, 0.1) is 17.7 Å². The lowest BCUT2D eigenvalue weighted by Crippen LogP contribution is -2.29. The molecule has 3 N–H and O–H groups in total. The van der Waals surface area contributed by atoms with Crippen LogP contribution in [0.1, 0.15) is 15.9 Å². The van der Waals surface area contributed by atoms with Crippen LogP contribution in [0.15, 0.2) is 30.5 Å². The molecule has 7 heteroatoms. The minimum absolute atomic E-state index is 0.0106. The summed E-state index contributed by atoms with van der Waals surface area (Å²) in [6, 6.07) is 5.79. The smallest absolute Gasteiger partial charge is 0.252 e. The summed E-state index contributed by atoms with van der Waals surface area (Å²) in [5.41, 5.74) is 5.73. The fourth-order valence-corrected chi connectivity index (χ4v) is 2.16. The van der Waals surface area contributed by atoms with Gasteiger partial charge in [-0.15, -0.1) is 0 Å². The van der Waals surface area contributed by atoms with Crippen molar-refractivity contribution >= 4 is 17.5 Å². The molecule has 0 saturated heterocycles. The van der Waals surface area contributed by atoms with E-state index in [-0.39, 0.29) is 28.4 Å². The van der Waals surface area contributed by atoms with Crippen molar-refractivity contribution in [3.05, 3.63) is 57.9 Å². The van der Waals surface area contributed by atoms with Crippen molar-refractivity contribution in [1.29, 1.82) is 5.41 Å². The van der Waals surface area contributed by atoms with Gasteiger partial charge in [-0.25, -0.2) is 4.39 Å². The number of hydrogen-bond acceptors (Lipinski definition) is 3. The molecule has 0 atom stereocenters. The number of halogens is 2. The highest BCUT2D eigenvalue weighted by molar-refractivity contribution is 6.30. The summed E-state index contributed by atoms with van der Waals surface area (Å²) in [6.07, 6.45) is 1.48. The molecule has 0 unspecified atom stereocenters. The monoisotopic (exact) mass is 309 g/mol. The number of nitrogens with one attached hydrogen (secondary N) is 1. The third-order valence-electron chi connectivity index (χ3n) is 2.94. The Morgan fingerprint density at radius 2 is 2.19 bits per heavy atom. The molecule has 2 rings (SSSR count). The molecule has 0 spiro atoms. The van der Waals surface area contributed by atoms with Crippen LogP contribution in [0.5, 0.6) is 5.75 Å². The first-order chi connectivity index (χ1) is 9.92. The topological polar surface area (TPSA) is 81.1 Å². The fourth-order valence-electron chi connectivity index (χ4n) is 1.93. The molecule has 1 aromatic heterocycles. The average Bonchev–Trinajstić information content (AvgIpc) is 2.42. The third kappa shape index (κ3) is 3.22. The Hall–Kier alpha value is -2.34. The van der Waals surface area contributed by atoms with Crippen LogP contribution in [-0.2, 0) is 6.54 Å². The number of carbonyl (C=O) groups is 1. The van der Waals surface area contributed by atoms with E-state index in [1.807, 2.05) is 0 Å². The molecular formula is C14H13ClFN3O2. The van der Waals surface area contributed by atoms with E-state index < -0.39 is 11.7 Å². The van der Waals surface area contributed by atoms with Gasteiger partial charge in [-0.05, 0) is 23.8 Å². The first kappa shape index (κ1) is 15.1. The van der Waals surface area contributed by atoms with Crippen molar-refractivity contribution in [2.75, 3.05) is 7.11 Å². The lowest BCUT2D eigenvalue weighted by Gasteiger charge is -2.11. The van der Waals surface area contributed by atoms with Gasteiger partial charge in [0.25, 0.3) is 5.91 Å². The molecule has 1 heterocycles. The second-order valence-electron chi connectivity index (χ2n) is 4.38. The maximum absolute atomic E-state index is 13.7. The summed E-state index contributed by atoms with van der Waals surface area (Å²) in [6.45, 7) is 0.181. The van der Waals surface area contributed by atoms with Crippen LogP contribution in [0, 0.1) is 11.2 Å². The summed E-state index contributed by atoms with van der Waals surface area (Å²) in [4.78, 5) is 11.3. The Bertz CT molecular complexity index is 758. The normalized spacial score (nSPS) is 10.4. The summed E-state index contributed by atoms with van der Waals surface area (Å²) in [5.74, 6) is -1.10. The minimum Gasteiger partial charge on any atom is -0.494 e. The number of methoxy groups -OCH3 is 1. The highest BCUT2D eigenvalue weighted by atomic mass is 35.5. The first-order valence-electron chi connectivity index (χ1n) is 5.99. The van der Waals surface area contributed by atoms with Crippen molar-refractivity contribution in [3.63, 3.8) is 0 Å². The van der Waals surface area contributed by atoms with Gasteiger partial charge in [-0.2, -0.15) is 0 Å². The number of rotatable bonds is 4. The molecule has 1 aromatic carbocycles. The van der Waals surface area contributed by atoms with Crippen molar-refractivity contribution in [1.82, 2.24) is 4.57 Å². The molecular weight excluding hydrogens is 297 g/mol. The summed E-state index contributed by atoms with van der Waals surface area (Å²) in [5, 5.41) is 8.21. The molecule has 1 amide bonds. The number of benzene rings is 1. The van der Waals surface area contributed by atoms with Crippen molar-refractivity contribution < 1.29 is 13.9 Å². The SMILES string of the molecule is COc1ccc(Cn2cc(Cl)cc(C(N)=O)c2=N)cc1F. The van der Waals surface area contributed by atoms with Crippen LogP contribution >= 0.6 is 11.6 Å². The van der Waals surface area contributed by atoms with Gasteiger partial charge >= 0.3 is 0 Å². The summed E-state index contributed by atoms with van der Waals surface area (Å²) in [7, 11) is 1.38. The van der Waals surface area contributed by atoms with Gasteiger partial charge in [-0.3, -0.25) is 10.2 Å². The Kier molecular flexibility index (Phi) is 4.28. The molecule has 5 nitrogen and oxygen atoms in total. The summed E-state index contributed by atoms with van der Waals surface area (Å²) < 4.78 is 19.9. The van der Waals surface area contributed by atoms with Crippen LogP contribution in [0.3, 0.4) is 0 Å². The van der Waals surface area contributed by atoms with E-state index in [0.717, 1.165) is 0 Å². The van der Waals surface area contributed by atoms with Crippen molar-refractivity contribution in [2.45, 2.75) is 6.54 Å². The molecule has 2 aromatic rings. The number of pyridine rings is 1. The zero-order valence-electron chi connectivity index (χ0n) is 11.2. The molecule has 0 aliphatic heterocycles. The number of nitrogens with two attached hydrogens (primary N) is 1. The first-order valence-corrected chi connectivity index (χ1v) is 6.37. The summed E-state index contributed by atoms with van der Waals surface area (Å²) >= 11 is 5.91. The second-order valence-corrected chi connectivity index (χ2v) is 4.82. The van der Waals surface area contributed by atoms with E-state index in [4.69, 9.17) is 27.5 Å². The van der Waals surface area contributed by atoms with Crippen LogP contribution < -0.4 is 16.0 Å². The van der Waals surface area contributed by atoms with Crippen LogP contribution in [-0.4, -0.2) is 17.6 Å². The predicted molar refractivity (Wildman–Crippen MR) is 75.9 cm³/mol. The van der Waals surface area contributed by atoms with Gasteiger partial charge in [0.2, 0.25) is 0 Å². The quantitative estimate of drug-likeness (QED) is 0.904. The third-order valence-corrected chi connectivity index (χ3v) is 3.15. The number of aromatic nitrogens is 1. The number of carbonyl (C=O) groups excluding carboxylic acids is 1. The van der Waals surface area contributed by atoms with Crippen molar-refractivity contribution in [3.8, 4) is 5.75 Å². The van der Waals surface area contributed by atoms with Crippen LogP contribution in [0.25, 0.3) is 0 Å². The van der Waals surface area contributed by atoms with Gasteiger partial charge in [-0.1, -0.05) is 17.7 Å². The van der Waals surface area contributed by atoms with Gasteiger partial charge in [0, 0.05) is 12.7 Å². The molecule has 0 aliphatic rings. The standard InChI is InChI=1S/C14H13ClFN3O2/c1-21-12-3-2-8(4-11(12)16)6-19-7-9(15)5-10(13(19)17)14(18)20/h2-5,7,17H,6H2,1H3,(H2,18,20). The maximum Gasteiger partial charge on any atom is 0.252 e. The number of primary amides is 1. The lowest BCUT2D eigenvalue weighted by atomic mass is 10.2. The number of hydrogen-bond donors (Lipinski definition) is 2. The minimum atomic E-state index is -0.739. The van der Waals surface area contributed by atoms with Gasteiger partial charge < -0.3 is 15.0 Å². The van der Waals surface area contributed by atoms with Gasteiger partial charge in [0.15, 0.2) is 11.6 Å². The molecule has 0 bridgehead atoms. The molecule has 0 aliphatic carbocycles. The zero-order valence-corrected chi connectivity index (χ0v) is 11.9. The molecule has 0 fully saturated rings. The number of ether oxygens (including phenoxy) is 1. The second kappa shape index (κ2) is 5.97. The van der Waals surface area contributed by atoms with E-state index >= 15 is 0 Å². The molecule has 0 saturated carbocycles. The lowest BCUT2D eigenvalue weighted by molar-refractivity contribution is 0.0998. The largest absolute Gasteiger partial charge is 0.494 e. The number of amides is 1. The van der Waals surface area contributed by atoms with Crippen molar-refractivity contribution in [2.24, 2.45) is 5.73 Å². The fraction of sp³-hybridized carbons (Fsp3) is 0.143. The van der Waals surface area contributed by atoms with Gasteiger partial charge in [0.1, 0.15) is 5.49 Å². The molecule has 110 valence electrons. The molecule has 0 radical (unpaired) electrons. The highest BCUT2D eigenvalue weighted by Crippen LogP contribution is 2.18. The predicted octanol–water partition coefficient (Wildman–Crippen LogP) is 1.92. The van der Waals surface area contributed by atoms with E-state index in [9.17, 15) is 9.18 Å². The Morgan fingerprint density at radius 1 is 1.48 bits per heavy atom. The Balaban J connectivity index is 2.42. The zero-order chi connectivity index (χ0) is 15.6. The van der Waals surface area contributed by atoms with E-state index in [1.54, 1.807) is 6.07 Å².